The number of para-hydroxylation sites is 6. The van der Waals surface area contributed by atoms with Crippen LogP contribution in [0.4, 0.5) is 28.4 Å². The number of rotatable bonds is 11. The average Bonchev–Trinajstić information content (AvgIpc) is 4.20. The first-order valence-electron chi connectivity index (χ1n) is 27.3. The van der Waals surface area contributed by atoms with Crippen LogP contribution in [0.25, 0.3) is 79.3 Å². The first-order chi connectivity index (χ1) is 40.1. The van der Waals surface area contributed by atoms with E-state index in [0.717, 1.165) is 38.6 Å². The number of hydrogen-bond donors (Lipinski definition) is 1. The molecule has 0 aliphatic rings. The van der Waals surface area contributed by atoms with Gasteiger partial charge in [0.1, 0.15) is 0 Å². The lowest BCUT2D eigenvalue weighted by molar-refractivity contribution is 1.17. The van der Waals surface area contributed by atoms with Gasteiger partial charge >= 0.3 is 0 Å². The monoisotopic (exact) mass is 1120 g/mol. The van der Waals surface area contributed by atoms with Gasteiger partial charge in [0.05, 0.1) is 22.1 Å². The van der Waals surface area contributed by atoms with Crippen LogP contribution in [0.3, 0.4) is 0 Å². The second-order valence-corrected chi connectivity index (χ2v) is 20.5. The zero-order chi connectivity index (χ0) is 54.6. The fourth-order valence-electron chi connectivity index (χ4n) is 10.4. The van der Waals surface area contributed by atoms with E-state index in [1.54, 1.807) is 0 Å². The molecule has 0 radical (unpaired) electrons. The molecule has 5 heteroatoms. The second kappa shape index (κ2) is 25.7. The van der Waals surface area contributed by atoms with E-state index in [1.807, 2.05) is 54.6 Å². The van der Waals surface area contributed by atoms with Crippen molar-refractivity contribution in [3.05, 3.63) is 342 Å². The van der Waals surface area contributed by atoms with Crippen LogP contribution in [0.2, 0.25) is 0 Å². The molecule has 0 atom stereocenters. The van der Waals surface area contributed by atoms with E-state index < -0.39 is 0 Å². The molecule has 0 amide bonds. The normalized spacial score (nSPS) is 11.0. The Morgan fingerprint density at radius 3 is 0.951 bits per heavy atom. The Balaban J connectivity index is 0.000000143. The topological polar surface area (TPSA) is 25.1 Å². The molecule has 2 aromatic heterocycles. The molecule has 0 fully saturated rings. The van der Waals surface area contributed by atoms with Gasteiger partial charge in [0.25, 0.3) is 0 Å². The van der Waals surface area contributed by atoms with Gasteiger partial charge in [0.2, 0.25) is 0 Å². The Labute approximate surface area is 489 Å². The molecule has 0 bridgehead atoms. The van der Waals surface area contributed by atoms with E-state index in [2.05, 4.69) is 320 Å². The highest BCUT2D eigenvalue weighted by Gasteiger charge is 2.16. The quantitative estimate of drug-likeness (QED) is 0.131. The van der Waals surface area contributed by atoms with Crippen LogP contribution in [-0.2, 0) is 0 Å². The van der Waals surface area contributed by atoms with Crippen LogP contribution >= 0.6 is 15.9 Å². The predicted octanol–water partition coefficient (Wildman–Crippen LogP) is 22.2. The summed E-state index contributed by atoms with van der Waals surface area (Å²) in [5.41, 5.74) is 17.6. The zero-order valence-electron chi connectivity index (χ0n) is 44.6. The largest absolute Gasteiger partial charge is 0.356 e. The molecule has 2 heterocycles. The fourth-order valence-corrected chi connectivity index (χ4v) is 10.6. The molecule has 0 aliphatic heterocycles. The Morgan fingerprint density at radius 1 is 0.268 bits per heavy atom. The third-order valence-corrected chi connectivity index (χ3v) is 14.8. The van der Waals surface area contributed by atoms with Crippen molar-refractivity contribution in [2.75, 3.05) is 10.2 Å². The summed E-state index contributed by atoms with van der Waals surface area (Å²) in [5, 5.41) is 8.56. The minimum atomic E-state index is 0. The number of fused-ring (bicyclic) bond motifs is 6. The van der Waals surface area contributed by atoms with Gasteiger partial charge < -0.3 is 19.4 Å². The van der Waals surface area contributed by atoms with Crippen molar-refractivity contribution in [1.82, 2.24) is 9.13 Å². The Hall–Kier alpha value is -10.2. The highest BCUT2D eigenvalue weighted by Crippen LogP contribution is 2.38. The van der Waals surface area contributed by atoms with Crippen LogP contribution in [0, 0.1) is 0 Å². The molecule has 12 aromatic carbocycles. The van der Waals surface area contributed by atoms with Gasteiger partial charge in [-0.05, 0) is 144 Å². The van der Waals surface area contributed by atoms with E-state index in [4.69, 9.17) is 0 Å². The molecule has 0 unspecified atom stereocenters. The predicted molar refractivity (Wildman–Crippen MR) is 358 cm³/mol. The van der Waals surface area contributed by atoms with Gasteiger partial charge in [0, 0.05) is 65.8 Å². The van der Waals surface area contributed by atoms with Crippen LogP contribution in [0.5, 0.6) is 0 Å². The molecule has 0 saturated carbocycles. The highest BCUT2D eigenvalue weighted by atomic mass is 79.9. The highest BCUT2D eigenvalue weighted by molar-refractivity contribution is 9.10. The smallest absolute Gasteiger partial charge is 0.0541 e. The summed E-state index contributed by atoms with van der Waals surface area (Å²) in [5.74, 6) is 0. The summed E-state index contributed by atoms with van der Waals surface area (Å²) in [6, 6.07) is 110. The van der Waals surface area contributed by atoms with Crippen LogP contribution in [0.1, 0.15) is 29.7 Å². The molecular weight excluding hydrogens is 1060 g/mol. The Bertz CT molecular complexity index is 4270. The molecule has 4 nitrogen and oxygen atoms in total. The SMILES string of the molecule is Brc1ccc(/C=C/c2ccccc2)cc1.C.C(=C\c1ccc(N(c2ccccc2)c2ccc(-n3c4ccccc4c4ccccc43)cc2)cc1)/c1ccccc1.c1ccc(Nc2ccc(-n3c4ccccc4c4ccccc43)cc2)cc1. The van der Waals surface area contributed by atoms with Gasteiger partial charge in [-0.1, -0.05) is 242 Å². The molecule has 82 heavy (non-hydrogen) atoms. The number of aromatic nitrogens is 2. The summed E-state index contributed by atoms with van der Waals surface area (Å²) in [6.07, 6.45) is 8.54. The standard InChI is InChI=1S/C38H28N2.C24H18N2.C14H11Br.CH4/c1-3-11-29(12-4-1)19-20-30-21-23-32(24-22-30)39(31-13-5-2-6-14-31)33-25-27-34(28-26-33)40-37-17-9-7-15-35(37)36-16-8-10-18-38(36)40;1-2-8-18(9-3-1)25-19-14-16-20(17-15-19)26-23-12-6-4-10-21(23)22-11-5-7-13-24(22)26;15-14-10-8-13(9-11-14)7-6-12-4-2-1-3-5-12;/h1-28H;1-17,25H;1-11H;1H4/b20-19+;;7-6+;. The Morgan fingerprint density at radius 2 is 0.549 bits per heavy atom. The molecule has 396 valence electrons. The minimum absolute atomic E-state index is 0. The fraction of sp³-hybridized carbons (Fsp3) is 0.0130. The van der Waals surface area contributed by atoms with E-state index >= 15 is 0 Å². The maximum absolute atomic E-state index is 3.44. The average molecular weight is 1120 g/mol. The molecule has 0 aliphatic carbocycles. The van der Waals surface area contributed by atoms with Crippen molar-refractivity contribution in [1.29, 1.82) is 0 Å². The molecule has 0 saturated heterocycles. The summed E-state index contributed by atoms with van der Waals surface area (Å²) in [4.78, 5) is 2.31. The number of hydrogen-bond acceptors (Lipinski definition) is 2. The first kappa shape index (κ1) is 53.8. The van der Waals surface area contributed by atoms with Crippen molar-refractivity contribution >= 4 is 112 Å². The van der Waals surface area contributed by atoms with E-state index in [1.165, 1.54) is 71.6 Å². The number of benzene rings is 12. The molecule has 1 N–H and O–H groups in total. The maximum Gasteiger partial charge on any atom is 0.0541 e. The van der Waals surface area contributed by atoms with Crippen molar-refractivity contribution in [3.8, 4) is 11.4 Å². The summed E-state index contributed by atoms with van der Waals surface area (Å²) in [6.45, 7) is 0. The third-order valence-electron chi connectivity index (χ3n) is 14.3. The molecular formula is C77H61BrN4. The van der Waals surface area contributed by atoms with Crippen LogP contribution < -0.4 is 10.2 Å². The van der Waals surface area contributed by atoms with Crippen molar-refractivity contribution in [2.45, 2.75) is 7.43 Å². The third kappa shape index (κ3) is 12.3. The number of halogens is 1. The van der Waals surface area contributed by atoms with Gasteiger partial charge in [-0.25, -0.2) is 0 Å². The Kier molecular flexibility index (Phi) is 16.9. The van der Waals surface area contributed by atoms with Gasteiger partial charge in [0.15, 0.2) is 0 Å². The molecule has 0 spiro atoms. The lowest BCUT2D eigenvalue weighted by Gasteiger charge is -2.26. The summed E-state index contributed by atoms with van der Waals surface area (Å²) < 4.78 is 5.80. The van der Waals surface area contributed by atoms with Gasteiger partial charge in [-0.3, -0.25) is 0 Å². The van der Waals surface area contributed by atoms with Crippen LogP contribution in [0.15, 0.2) is 320 Å². The molecule has 14 rings (SSSR count). The zero-order valence-corrected chi connectivity index (χ0v) is 46.1. The second-order valence-electron chi connectivity index (χ2n) is 19.6. The van der Waals surface area contributed by atoms with Crippen LogP contribution in [-0.4, -0.2) is 9.13 Å². The minimum Gasteiger partial charge on any atom is -0.356 e. The van der Waals surface area contributed by atoms with E-state index in [-0.39, 0.29) is 7.43 Å². The lowest BCUT2D eigenvalue weighted by Crippen LogP contribution is -2.10. The van der Waals surface area contributed by atoms with Gasteiger partial charge in [-0.2, -0.15) is 0 Å². The van der Waals surface area contributed by atoms with Crippen molar-refractivity contribution < 1.29 is 0 Å². The number of nitrogens with zero attached hydrogens (tertiary/aromatic N) is 3. The number of anilines is 5. The number of nitrogens with one attached hydrogen (secondary N) is 1. The van der Waals surface area contributed by atoms with E-state index in [9.17, 15) is 0 Å². The van der Waals surface area contributed by atoms with E-state index in [0.29, 0.717) is 0 Å². The lowest BCUT2D eigenvalue weighted by atomic mass is 10.1. The van der Waals surface area contributed by atoms with Crippen molar-refractivity contribution in [3.63, 3.8) is 0 Å². The van der Waals surface area contributed by atoms with Gasteiger partial charge in [-0.15, -0.1) is 0 Å². The summed E-state index contributed by atoms with van der Waals surface area (Å²) >= 11 is 3.42. The summed E-state index contributed by atoms with van der Waals surface area (Å²) in [7, 11) is 0. The first-order valence-corrected chi connectivity index (χ1v) is 28.1. The molecule has 14 aromatic rings. The van der Waals surface area contributed by atoms with Crippen molar-refractivity contribution in [2.24, 2.45) is 0 Å². The maximum atomic E-state index is 3.44.